The molecule has 1 fully saturated rings. The molecule has 0 aromatic carbocycles. The maximum absolute atomic E-state index is 12.4. The van der Waals surface area contributed by atoms with Crippen LogP contribution in [0.1, 0.15) is 26.7 Å². The molecule has 0 aliphatic carbocycles. The van der Waals surface area contributed by atoms with Gasteiger partial charge in [0.2, 0.25) is 5.91 Å². The Labute approximate surface area is 158 Å². The van der Waals surface area contributed by atoms with E-state index in [1.165, 1.54) is 4.90 Å². The molecule has 0 aromatic rings. The smallest absolute Gasteiger partial charge is 0.357 e. The van der Waals surface area contributed by atoms with Crippen molar-refractivity contribution in [1.29, 1.82) is 0 Å². The van der Waals surface area contributed by atoms with E-state index in [0.717, 1.165) is 6.42 Å². The molecule has 3 N–H and O–H groups in total. The first-order chi connectivity index (χ1) is 10.8. The number of alkyl halides is 3. The minimum atomic E-state index is -4.18. The lowest BCUT2D eigenvalue weighted by atomic mass is 10.3. The number of halogens is 4. The molecule has 0 saturated carbocycles. The Morgan fingerprint density at radius 1 is 1.29 bits per heavy atom. The zero-order valence-corrected chi connectivity index (χ0v) is 16.4. The Bertz CT molecular complexity index is 406. The molecule has 1 atom stereocenters. The maximum atomic E-state index is 12.4. The summed E-state index contributed by atoms with van der Waals surface area (Å²) in [5, 5.41) is 8.82. The number of rotatable bonds is 7. The van der Waals surface area contributed by atoms with E-state index >= 15 is 0 Å². The fraction of sp³-hybridized carbons (Fsp3) is 0.857. The van der Waals surface area contributed by atoms with Crippen molar-refractivity contribution in [3.63, 3.8) is 0 Å². The van der Waals surface area contributed by atoms with Crippen molar-refractivity contribution >= 4 is 35.8 Å². The van der Waals surface area contributed by atoms with Gasteiger partial charge in [-0.1, -0.05) is 6.92 Å². The first-order valence-corrected chi connectivity index (χ1v) is 7.94. The van der Waals surface area contributed by atoms with Crippen LogP contribution >= 0.6 is 24.0 Å². The summed E-state index contributed by atoms with van der Waals surface area (Å²) in [5.74, 6) is 0.284. The van der Waals surface area contributed by atoms with Crippen LogP contribution in [0, 0.1) is 0 Å². The maximum Gasteiger partial charge on any atom is 0.401 e. The molecule has 0 bridgehead atoms. The highest BCUT2D eigenvalue weighted by Crippen LogP contribution is 2.19. The van der Waals surface area contributed by atoms with Gasteiger partial charge in [-0.15, -0.1) is 24.0 Å². The second-order valence-corrected chi connectivity index (χ2v) is 5.53. The van der Waals surface area contributed by atoms with Crippen LogP contribution in [0.4, 0.5) is 13.2 Å². The highest BCUT2D eigenvalue weighted by molar-refractivity contribution is 14.0. The zero-order valence-electron chi connectivity index (χ0n) is 14.1. The first-order valence-electron chi connectivity index (χ1n) is 7.94. The number of aliphatic imine (C=N–C) groups is 1. The van der Waals surface area contributed by atoms with Gasteiger partial charge in [-0.05, 0) is 19.8 Å². The van der Waals surface area contributed by atoms with E-state index in [0.29, 0.717) is 38.6 Å². The summed E-state index contributed by atoms with van der Waals surface area (Å²) in [5.41, 5.74) is 0. The number of carbonyl (C=O) groups excluding carboxylic acids is 1. The van der Waals surface area contributed by atoms with Crippen LogP contribution in [0.5, 0.6) is 0 Å². The molecule has 0 radical (unpaired) electrons. The molecule has 142 valence electrons. The van der Waals surface area contributed by atoms with E-state index < -0.39 is 12.7 Å². The highest BCUT2D eigenvalue weighted by Gasteiger charge is 2.34. The Hall–Kier alpha value is -0.780. The Morgan fingerprint density at radius 2 is 2.00 bits per heavy atom. The van der Waals surface area contributed by atoms with Gasteiger partial charge >= 0.3 is 6.18 Å². The fourth-order valence-electron chi connectivity index (χ4n) is 2.33. The number of likely N-dealkylation sites (tertiary alicyclic amines) is 1. The van der Waals surface area contributed by atoms with E-state index in [-0.39, 0.29) is 42.5 Å². The molecule has 6 nitrogen and oxygen atoms in total. The van der Waals surface area contributed by atoms with Crippen molar-refractivity contribution in [1.82, 2.24) is 20.9 Å². The van der Waals surface area contributed by atoms with E-state index in [1.54, 1.807) is 0 Å². The minimum Gasteiger partial charge on any atom is -0.357 e. The molecule has 1 saturated heterocycles. The molecule has 1 amide bonds. The second kappa shape index (κ2) is 11.7. The predicted molar refractivity (Wildman–Crippen MR) is 98.7 cm³/mol. The number of amides is 1. The summed E-state index contributed by atoms with van der Waals surface area (Å²) in [4.78, 5) is 17.1. The quantitative estimate of drug-likeness (QED) is 0.302. The average Bonchev–Trinajstić information content (AvgIpc) is 2.87. The monoisotopic (exact) mass is 465 g/mol. The molecule has 1 aliphatic heterocycles. The van der Waals surface area contributed by atoms with Crippen LogP contribution in [0.15, 0.2) is 4.99 Å². The van der Waals surface area contributed by atoms with Gasteiger partial charge in [0.1, 0.15) is 6.54 Å². The summed E-state index contributed by atoms with van der Waals surface area (Å²) >= 11 is 0. The highest BCUT2D eigenvalue weighted by atomic mass is 127. The SMILES string of the molecule is CCCNC(=O)CN=C(NCC)NC1CCN(CC(F)(F)F)C1.I. The molecule has 1 heterocycles. The van der Waals surface area contributed by atoms with Crippen molar-refractivity contribution in [2.45, 2.75) is 38.9 Å². The predicted octanol–water partition coefficient (Wildman–Crippen LogP) is 1.32. The second-order valence-electron chi connectivity index (χ2n) is 5.53. The molecule has 1 rings (SSSR count). The molecular weight excluding hydrogens is 438 g/mol. The summed E-state index contributed by atoms with van der Waals surface area (Å²) in [7, 11) is 0. The molecule has 1 aliphatic rings. The van der Waals surface area contributed by atoms with Gasteiger partial charge in [-0.25, -0.2) is 4.99 Å². The van der Waals surface area contributed by atoms with Gasteiger partial charge < -0.3 is 16.0 Å². The van der Waals surface area contributed by atoms with Crippen LogP contribution in [0.2, 0.25) is 0 Å². The third-order valence-electron chi connectivity index (χ3n) is 3.31. The van der Waals surface area contributed by atoms with Gasteiger partial charge in [0.05, 0.1) is 6.54 Å². The van der Waals surface area contributed by atoms with Crippen molar-refractivity contribution < 1.29 is 18.0 Å². The Morgan fingerprint density at radius 3 is 2.58 bits per heavy atom. The van der Waals surface area contributed by atoms with Crippen LogP contribution < -0.4 is 16.0 Å². The summed E-state index contributed by atoms with van der Waals surface area (Å²) in [6.45, 7) is 4.88. The number of nitrogens with one attached hydrogen (secondary N) is 3. The Balaban J connectivity index is 0.00000529. The number of hydrogen-bond acceptors (Lipinski definition) is 3. The van der Waals surface area contributed by atoms with Crippen molar-refractivity contribution in [2.75, 3.05) is 39.3 Å². The van der Waals surface area contributed by atoms with Gasteiger partial charge in [-0.2, -0.15) is 13.2 Å². The minimum absolute atomic E-state index is 0. The molecule has 24 heavy (non-hydrogen) atoms. The third-order valence-corrected chi connectivity index (χ3v) is 3.31. The van der Waals surface area contributed by atoms with Crippen LogP contribution in [-0.4, -0.2) is 68.3 Å². The van der Waals surface area contributed by atoms with Crippen LogP contribution in [0.3, 0.4) is 0 Å². The lowest BCUT2D eigenvalue weighted by Gasteiger charge is -2.19. The third kappa shape index (κ3) is 10.2. The van der Waals surface area contributed by atoms with Crippen molar-refractivity contribution in [2.24, 2.45) is 4.99 Å². The van der Waals surface area contributed by atoms with Gasteiger partial charge in [0.15, 0.2) is 5.96 Å². The van der Waals surface area contributed by atoms with E-state index in [9.17, 15) is 18.0 Å². The number of carbonyl (C=O) groups is 1. The number of guanidine groups is 1. The lowest BCUT2D eigenvalue weighted by molar-refractivity contribution is -0.143. The van der Waals surface area contributed by atoms with Crippen molar-refractivity contribution in [3.8, 4) is 0 Å². The number of hydrogen-bond donors (Lipinski definition) is 3. The lowest BCUT2D eigenvalue weighted by Crippen LogP contribution is -2.45. The fourth-order valence-corrected chi connectivity index (χ4v) is 2.33. The van der Waals surface area contributed by atoms with Crippen LogP contribution in [0.25, 0.3) is 0 Å². The molecule has 1 unspecified atom stereocenters. The van der Waals surface area contributed by atoms with Gasteiger partial charge in [0.25, 0.3) is 0 Å². The first kappa shape index (κ1) is 23.2. The molecule has 10 heteroatoms. The summed E-state index contributed by atoms with van der Waals surface area (Å²) in [6.07, 6.45) is -2.71. The van der Waals surface area contributed by atoms with Crippen LogP contribution in [-0.2, 0) is 4.79 Å². The average molecular weight is 465 g/mol. The van der Waals surface area contributed by atoms with Crippen molar-refractivity contribution in [3.05, 3.63) is 0 Å². The standard InChI is InChI=1S/C14H26F3N5O.HI/c1-3-6-19-12(23)8-20-13(18-4-2)21-11-5-7-22(9-11)10-14(15,16)17;/h11H,3-10H2,1-2H3,(H,19,23)(H2,18,20,21);1H. The summed E-state index contributed by atoms with van der Waals surface area (Å²) < 4.78 is 37.2. The van der Waals surface area contributed by atoms with Gasteiger partial charge in [-0.3, -0.25) is 9.69 Å². The number of nitrogens with zero attached hydrogens (tertiary/aromatic N) is 2. The molecule has 0 spiro atoms. The molecule has 0 aromatic heterocycles. The Kier molecular flexibility index (Phi) is 11.3. The topological polar surface area (TPSA) is 68.8 Å². The largest absolute Gasteiger partial charge is 0.401 e. The molecular formula is C14H27F3IN5O. The summed E-state index contributed by atoms with van der Waals surface area (Å²) in [6, 6.07) is -0.103. The van der Waals surface area contributed by atoms with E-state index in [1.807, 2.05) is 13.8 Å². The zero-order chi connectivity index (χ0) is 17.3. The normalized spacial score (nSPS) is 18.9. The van der Waals surface area contributed by atoms with E-state index in [4.69, 9.17) is 0 Å². The van der Waals surface area contributed by atoms with E-state index in [2.05, 4.69) is 20.9 Å². The van der Waals surface area contributed by atoms with Gasteiger partial charge in [0, 0.05) is 32.2 Å².